The van der Waals surface area contributed by atoms with E-state index in [4.69, 9.17) is 9.72 Å². The normalized spacial score (nSPS) is 13.7. The number of aromatic nitrogens is 2. The third-order valence-corrected chi connectivity index (χ3v) is 7.19. The summed E-state index contributed by atoms with van der Waals surface area (Å²) >= 11 is 0. The van der Waals surface area contributed by atoms with Crippen molar-refractivity contribution in [3.63, 3.8) is 0 Å². The molecule has 206 valence electrons. The van der Waals surface area contributed by atoms with Crippen molar-refractivity contribution < 1.29 is 13.9 Å². The van der Waals surface area contributed by atoms with Gasteiger partial charge in [0.2, 0.25) is 5.95 Å². The van der Waals surface area contributed by atoms with Gasteiger partial charge in [0.1, 0.15) is 5.82 Å². The molecule has 0 saturated carbocycles. The number of nitrogens with zero attached hydrogens (tertiary/aromatic N) is 3. The second-order valence-corrected chi connectivity index (χ2v) is 10.1. The zero-order valence-electron chi connectivity index (χ0n) is 22.7. The van der Waals surface area contributed by atoms with Crippen LogP contribution in [-0.4, -0.2) is 47.1 Å². The molecule has 4 aromatic carbocycles. The third kappa shape index (κ3) is 6.09. The Morgan fingerprint density at radius 1 is 0.902 bits per heavy atom. The van der Waals surface area contributed by atoms with E-state index in [9.17, 15) is 4.79 Å². The molecule has 0 atom stereocenters. The summed E-state index contributed by atoms with van der Waals surface area (Å²) in [5.74, 6) is -0.685. The van der Waals surface area contributed by atoms with Crippen LogP contribution >= 0.6 is 0 Å². The highest BCUT2D eigenvalue weighted by molar-refractivity contribution is 6.05. The average molecular weight is 548 g/mol. The van der Waals surface area contributed by atoms with Gasteiger partial charge in [-0.15, -0.1) is 0 Å². The smallest absolute Gasteiger partial charge is 0.255 e. The molecular formula is C33H30FN5O2. The van der Waals surface area contributed by atoms with Crippen LogP contribution in [0.15, 0.2) is 91.0 Å². The maximum absolute atomic E-state index is 15.3. The van der Waals surface area contributed by atoms with Crippen molar-refractivity contribution in [2.75, 3.05) is 36.9 Å². The molecule has 0 spiro atoms. The molecule has 2 heterocycles. The van der Waals surface area contributed by atoms with E-state index in [2.05, 4.69) is 26.6 Å². The van der Waals surface area contributed by atoms with Crippen molar-refractivity contribution in [2.24, 2.45) is 0 Å². The van der Waals surface area contributed by atoms with Crippen LogP contribution in [0.2, 0.25) is 0 Å². The average Bonchev–Trinajstić information content (AvgIpc) is 3.00. The predicted octanol–water partition coefficient (Wildman–Crippen LogP) is 6.57. The first-order valence-electron chi connectivity index (χ1n) is 13.6. The number of morpholine rings is 1. The van der Waals surface area contributed by atoms with Crippen LogP contribution in [0.4, 0.5) is 21.7 Å². The molecule has 0 aliphatic carbocycles. The lowest BCUT2D eigenvalue weighted by molar-refractivity contribution is 0.0342. The number of carbonyl (C=O) groups is 1. The number of benzene rings is 4. The summed E-state index contributed by atoms with van der Waals surface area (Å²) in [7, 11) is 0. The number of carbonyl (C=O) groups excluding carboxylic acids is 1. The number of anilines is 3. The molecule has 1 amide bonds. The minimum Gasteiger partial charge on any atom is -0.379 e. The first-order chi connectivity index (χ1) is 20.0. The number of halogens is 1. The fraction of sp³-hybridized carbons (Fsp3) is 0.182. The molecule has 1 aliphatic heterocycles. The first kappa shape index (κ1) is 26.6. The third-order valence-electron chi connectivity index (χ3n) is 7.19. The van der Waals surface area contributed by atoms with E-state index in [1.54, 1.807) is 6.07 Å². The molecule has 0 bridgehead atoms. The summed E-state index contributed by atoms with van der Waals surface area (Å²) in [6, 6.07) is 27.9. The zero-order chi connectivity index (χ0) is 28.2. The Morgan fingerprint density at radius 3 is 2.49 bits per heavy atom. The van der Waals surface area contributed by atoms with Gasteiger partial charge >= 0.3 is 0 Å². The van der Waals surface area contributed by atoms with E-state index in [1.807, 2.05) is 73.7 Å². The number of ether oxygens (including phenoxy) is 1. The number of hydrogen-bond donors (Lipinski definition) is 2. The van der Waals surface area contributed by atoms with Gasteiger partial charge in [-0.05, 0) is 48.4 Å². The number of aryl methyl sites for hydroxylation is 1. The second-order valence-electron chi connectivity index (χ2n) is 10.1. The van der Waals surface area contributed by atoms with Gasteiger partial charge in [-0.3, -0.25) is 9.69 Å². The monoisotopic (exact) mass is 547 g/mol. The van der Waals surface area contributed by atoms with E-state index in [0.717, 1.165) is 66.1 Å². The van der Waals surface area contributed by atoms with Crippen molar-refractivity contribution in [3.8, 4) is 11.3 Å². The number of nitrogens with one attached hydrogen (secondary N) is 2. The minimum absolute atomic E-state index is 0.180. The van der Waals surface area contributed by atoms with E-state index >= 15 is 4.39 Å². The molecule has 8 heteroatoms. The summed E-state index contributed by atoms with van der Waals surface area (Å²) in [4.78, 5) is 24.7. The van der Waals surface area contributed by atoms with Crippen molar-refractivity contribution in [1.29, 1.82) is 0 Å². The molecule has 1 aromatic heterocycles. The Kier molecular flexibility index (Phi) is 7.67. The Labute approximate surface area is 238 Å². The van der Waals surface area contributed by atoms with Gasteiger partial charge in [-0.1, -0.05) is 60.7 Å². The standard InChI is InChI=1S/C33H30FN5O2/c1-22-11-12-23(21-39-15-17-41-18-16-39)19-30(22)35-32(40)25-13-14-29(27(34)20-25)37-33-36-28-10-6-5-9-26(28)31(38-33)24-7-3-2-4-8-24/h2-14,19-20H,15-18,21H2,1H3,(H,35,40)(H,36,37,38). The Balaban J connectivity index is 1.20. The zero-order valence-corrected chi connectivity index (χ0v) is 22.7. The summed E-state index contributed by atoms with van der Waals surface area (Å²) in [6.45, 7) is 5.94. The number of para-hydroxylation sites is 1. The summed E-state index contributed by atoms with van der Waals surface area (Å²) in [6.07, 6.45) is 0. The molecule has 7 nitrogen and oxygen atoms in total. The van der Waals surface area contributed by atoms with Crippen molar-refractivity contribution in [2.45, 2.75) is 13.5 Å². The first-order valence-corrected chi connectivity index (χ1v) is 13.6. The molecule has 1 fully saturated rings. The highest BCUT2D eigenvalue weighted by Gasteiger charge is 2.16. The van der Waals surface area contributed by atoms with Gasteiger partial charge in [0.25, 0.3) is 5.91 Å². The number of amides is 1. The number of rotatable bonds is 7. The van der Waals surface area contributed by atoms with Crippen LogP contribution in [0.25, 0.3) is 22.2 Å². The largest absolute Gasteiger partial charge is 0.379 e. The summed E-state index contributed by atoms with van der Waals surface area (Å²) in [5, 5.41) is 6.86. The predicted molar refractivity (Wildman–Crippen MR) is 160 cm³/mol. The second kappa shape index (κ2) is 11.8. The topological polar surface area (TPSA) is 79.4 Å². The lowest BCUT2D eigenvalue weighted by Gasteiger charge is -2.26. The van der Waals surface area contributed by atoms with Crippen LogP contribution in [0.1, 0.15) is 21.5 Å². The molecule has 5 aromatic rings. The van der Waals surface area contributed by atoms with Crippen molar-refractivity contribution >= 4 is 34.1 Å². The molecule has 1 aliphatic rings. The fourth-order valence-corrected chi connectivity index (χ4v) is 4.94. The van der Waals surface area contributed by atoms with Gasteiger partial charge in [-0.2, -0.15) is 0 Å². The maximum Gasteiger partial charge on any atom is 0.255 e. The molecule has 6 rings (SSSR count). The lowest BCUT2D eigenvalue weighted by Crippen LogP contribution is -2.35. The number of fused-ring (bicyclic) bond motifs is 1. The highest BCUT2D eigenvalue weighted by atomic mass is 19.1. The van der Waals surface area contributed by atoms with Crippen LogP contribution in [0.3, 0.4) is 0 Å². The Hall–Kier alpha value is -4.66. The molecule has 0 radical (unpaired) electrons. The van der Waals surface area contributed by atoms with Crippen LogP contribution in [0, 0.1) is 12.7 Å². The summed E-state index contributed by atoms with van der Waals surface area (Å²) in [5.41, 5.74) is 5.57. The molecule has 0 unspecified atom stereocenters. The van der Waals surface area contributed by atoms with Crippen LogP contribution in [-0.2, 0) is 11.3 Å². The van der Waals surface area contributed by atoms with Gasteiger partial charge in [-0.25, -0.2) is 14.4 Å². The van der Waals surface area contributed by atoms with E-state index in [0.29, 0.717) is 5.69 Å². The van der Waals surface area contributed by atoms with Crippen molar-refractivity contribution in [3.05, 3.63) is 114 Å². The minimum atomic E-state index is -0.576. The van der Waals surface area contributed by atoms with E-state index in [1.165, 1.54) is 12.1 Å². The molecular weight excluding hydrogens is 517 g/mol. The molecule has 41 heavy (non-hydrogen) atoms. The van der Waals surface area contributed by atoms with Gasteiger partial charge in [0.05, 0.1) is 30.1 Å². The van der Waals surface area contributed by atoms with Gasteiger partial charge in [0.15, 0.2) is 0 Å². The quantitative estimate of drug-likeness (QED) is 0.240. The Morgan fingerprint density at radius 2 is 1.68 bits per heavy atom. The summed E-state index contributed by atoms with van der Waals surface area (Å²) < 4.78 is 20.7. The maximum atomic E-state index is 15.3. The highest BCUT2D eigenvalue weighted by Crippen LogP contribution is 2.29. The molecule has 1 saturated heterocycles. The van der Waals surface area contributed by atoms with E-state index in [-0.39, 0.29) is 23.1 Å². The fourth-order valence-electron chi connectivity index (χ4n) is 4.94. The lowest BCUT2D eigenvalue weighted by atomic mass is 10.1. The SMILES string of the molecule is Cc1ccc(CN2CCOCC2)cc1NC(=O)c1ccc(Nc2nc(-c3ccccc3)c3ccccc3n2)c(F)c1. The number of hydrogen-bond acceptors (Lipinski definition) is 6. The van der Waals surface area contributed by atoms with Crippen LogP contribution in [0.5, 0.6) is 0 Å². The van der Waals surface area contributed by atoms with Gasteiger partial charge < -0.3 is 15.4 Å². The Bertz CT molecular complexity index is 1700. The van der Waals surface area contributed by atoms with Gasteiger partial charge in [0, 0.05) is 41.8 Å². The van der Waals surface area contributed by atoms with Crippen LogP contribution < -0.4 is 10.6 Å². The molecule has 2 N–H and O–H groups in total. The van der Waals surface area contributed by atoms with Crippen molar-refractivity contribution in [1.82, 2.24) is 14.9 Å². The van der Waals surface area contributed by atoms with E-state index < -0.39 is 5.82 Å².